The first-order chi connectivity index (χ1) is 15.7. The number of hydrogen-bond acceptors (Lipinski definition) is 6. The van der Waals surface area contributed by atoms with Crippen molar-refractivity contribution in [1.82, 2.24) is 25.3 Å². The van der Waals surface area contributed by atoms with E-state index >= 15 is 4.39 Å². The van der Waals surface area contributed by atoms with Crippen LogP contribution in [-0.4, -0.2) is 58.9 Å². The highest BCUT2D eigenvalue weighted by atomic mass is 19.4. The Hall–Kier alpha value is -2.58. The lowest BCUT2D eigenvalue weighted by Crippen LogP contribution is -2.54. The van der Waals surface area contributed by atoms with E-state index in [0.717, 1.165) is 19.4 Å². The molecular formula is C22H29F4N7. The Labute approximate surface area is 190 Å². The Morgan fingerprint density at radius 1 is 1.27 bits per heavy atom. The number of allylic oxidation sites excluding steroid dienone is 1. The number of halogens is 4. The van der Waals surface area contributed by atoms with Gasteiger partial charge in [-0.05, 0) is 19.3 Å². The highest BCUT2D eigenvalue weighted by Crippen LogP contribution is 2.33. The van der Waals surface area contributed by atoms with E-state index in [9.17, 15) is 13.2 Å². The summed E-state index contributed by atoms with van der Waals surface area (Å²) in [5.74, 6) is 0.171. The van der Waals surface area contributed by atoms with Crippen molar-refractivity contribution < 1.29 is 17.6 Å². The fraction of sp³-hybridized carbons (Fsp3) is 0.636. The predicted octanol–water partition coefficient (Wildman–Crippen LogP) is 2.54. The highest BCUT2D eigenvalue weighted by Gasteiger charge is 2.42. The van der Waals surface area contributed by atoms with Gasteiger partial charge in [0.25, 0.3) is 0 Å². The Morgan fingerprint density at radius 3 is 2.70 bits per heavy atom. The molecule has 180 valence electrons. The number of piperidine rings is 1. The number of likely N-dealkylation sites (tertiary alicyclic amines) is 1. The van der Waals surface area contributed by atoms with Gasteiger partial charge in [-0.2, -0.15) is 18.3 Å². The maximum absolute atomic E-state index is 15.1. The van der Waals surface area contributed by atoms with Crippen LogP contribution >= 0.6 is 0 Å². The molecule has 11 heteroatoms. The summed E-state index contributed by atoms with van der Waals surface area (Å²) < 4.78 is 56.7. The fourth-order valence-electron chi connectivity index (χ4n) is 4.87. The van der Waals surface area contributed by atoms with Gasteiger partial charge in [0, 0.05) is 31.5 Å². The van der Waals surface area contributed by atoms with Crippen LogP contribution < -0.4 is 16.4 Å². The molecule has 1 aromatic rings. The van der Waals surface area contributed by atoms with Gasteiger partial charge in [0.2, 0.25) is 5.79 Å². The zero-order valence-corrected chi connectivity index (χ0v) is 18.3. The third kappa shape index (κ3) is 5.01. The molecule has 1 saturated heterocycles. The molecule has 1 aliphatic carbocycles. The van der Waals surface area contributed by atoms with Crippen molar-refractivity contribution >= 4 is 6.21 Å². The summed E-state index contributed by atoms with van der Waals surface area (Å²) in [6.45, 7) is 1.01. The van der Waals surface area contributed by atoms with Crippen LogP contribution in [-0.2, 0) is 5.79 Å². The molecule has 7 nitrogen and oxygen atoms in total. The smallest absolute Gasteiger partial charge is 0.360 e. The van der Waals surface area contributed by atoms with Crippen molar-refractivity contribution in [3.63, 3.8) is 0 Å². The van der Waals surface area contributed by atoms with Crippen LogP contribution in [0.1, 0.15) is 50.1 Å². The molecular weight excluding hydrogens is 438 g/mol. The Kier molecular flexibility index (Phi) is 6.68. The second-order valence-corrected chi connectivity index (χ2v) is 8.86. The second kappa shape index (κ2) is 9.35. The van der Waals surface area contributed by atoms with Gasteiger partial charge in [-0.3, -0.25) is 15.3 Å². The van der Waals surface area contributed by atoms with Crippen molar-refractivity contribution in [2.75, 3.05) is 19.6 Å². The van der Waals surface area contributed by atoms with E-state index in [1.54, 1.807) is 6.20 Å². The van der Waals surface area contributed by atoms with Crippen LogP contribution in [0.3, 0.4) is 0 Å². The van der Waals surface area contributed by atoms with E-state index in [1.165, 1.54) is 30.1 Å². The summed E-state index contributed by atoms with van der Waals surface area (Å²) in [6.07, 6.45) is 9.52. The van der Waals surface area contributed by atoms with Crippen LogP contribution in [0.5, 0.6) is 0 Å². The molecule has 0 bridgehead atoms. The number of alkyl halides is 4. The summed E-state index contributed by atoms with van der Waals surface area (Å²) in [4.78, 5) is 6.15. The fourth-order valence-corrected chi connectivity index (χ4v) is 4.87. The molecule has 1 aromatic heterocycles. The normalized spacial score (nSPS) is 29.6. The van der Waals surface area contributed by atoms with Gasteiger partial charge in [-0.25, -0.2) is 9.38 Å². The lowest BCUT2D eigenvalue weighted by molar-refractivity contribution is -0.0876. The first-order valence-corrected chi connectivity index (χ1v) is 11.2. The van der Waals surface area contributed by atoms with Crippen molar-refractivity contribution in [3.8, 4) is 12.3 Å². The molecule has 2 fully saturated rings. The summed E-state index contributed by atoms with van der Waals surface area (Å²) >= 11 is 0. The topological polar surface area (TPSA) is 83.5 Å². The van der Waals surface area contributed by atoms with Crippen LogP contribution in [0.25, 0.3) is 0 Å². The van der Waals surface area contributed by atoms with Gasteiger partial charge in [-0.1, -0.05) is 25.2 Å². The monoisotopic (exact) mass is 467 g/mol. The third-order valence-electron chi connectivity index (χ3n) is 6.67. The van der Waals surface area contributed by atoms with Crippen LogP contribution in [0.15, 0.2) is 28.8 Å². The highest BCUT2D eigenvalue weighted by molar-refractivity contribution is 5.82. The summed E-state index contributed by atoms with van der Waals surface area (Å²) in [5, 5.41) is 9.38. The summed E-state index contributed by atoms with van der Waals surface area (Å²) in [6, 6.07) is -0.0159. The maximum atomic E-state index is 15.1. The van der Waals surface area contributed by atoms with Gasteiger partial charge in [0.05, 0.1) is 24.3 Å². The third-order valence-corrected chi connectivity index (χ3v) is 6.67. The van der Waals surface area contributed by atoms with E-state index in [2.05, 4.69) is 31.5 Å². The largest absolute Gasteiger partial charge is 0.421 e. The predicted molar refractivity (Wildman–Crippen MR) is 117 cm³/mol. The number of aromatic nitrogens is 2. The van der Waals surface area contributed by atoms with Crippen LogP contribution in [0.4, 0.5) is 17.6 Å². The van der Waals surface area contributed by atoms with Gasteiger partial charge in [-0.15, -0.1) is 6.42 Å². The minimum atomic E-state index is -4.65. The molecule has 0 amide bonds. The van der Waals surface area contributed by atoms with E-state index in [4.69, 9.17) is 12.2 Å². The quantitative estimate of drug-likeness (QED) is 0.458. The minimum absolute atomic E-state index is 0.131. The molecule has 0 spiro atoms. The summed E-state index contributed by atoms with van der Waals surface area (Å²) in [7, 11) is 0. The number of hydrogen-bond donors (Lipinski definition) is 3. The average Bonchev–Trinajstić information content (AvgIpc) is 3.28. The second-order valence-electron chi connectivity index (χ2n) is 8.86. The van der Waals surface area contributed by atoms with E-state index < -0.39 is 29.7 Å². The molecule has 4 rings (SSSR count). The van der Waals surface area contributed by atoms with Crippen molar-refractivity contribution in [3.05, 3.63) is 29.4 Å². The van der Waals surface area contributed by atoms with Crippen molar-refractivity contribution in [2.45, 2.75) is 68.7 Å². The Bertz CT molecular complexity index is 941. The molecule has 1 saturated carbocycles. The molecule has 3 atom stereocenters. The molecule has 0 aromatic carbocycles. The molecule has 4 N–H and O–H groups in total. The van der Waals surface area contributed by atoms with Gasteiger partial charge >= 0.3 is 6.18 Å². The number of nitrogens with zero attached hydrogens (tertiary/aromatic N) is 4. The minimum Gasteiger partial charge on any atom is -0.360 e. The van der Waals surface area contributed by atoms with E-state index in [1.807, 2.05) is 0 Å². The molecule has 2 aliphatic heterocycles. The number of aliphatic imine (C=N–C) groups is 1. The first-order valence-electron chi connectivity index (χ1n) is 11.2. The molecule has 3 heterocycles. The molecule has 33 heavy (non-hydrogen) atoms. The number of nitrogens with two attached hydrogens (primary N) is 1. The molecule has 1 unspecified atom stereocenters. The first kappa shape index (κ1) is 23.6. The molecule has 3 aliphatic rings. The van der Waals surface area contributed by atoms with Gasteiger partial charge < -0.3 is 10.6 Å². The maximum Gasteiger partial charge on any atom is 0.421 e. The SMILES string of the molecule is C#CCNC1=C(C(F)(F)F)C=NC(N)(c2cnn([C@@H]3CCN(C4CCCCC4)C[C@H]3F)c2)N1. The van der Waals surface area contributed by atoms with E-state index in [0.29, 0.717) is 30.8 Å². The zero-order chi connectivity index (χ0) is 23.6. The molecule has 0 radical (unpaired) electrons. The zero-order valence-electron chi connectivity index (χ0n) is 18.3. The Morgan fingerprint density at radius 2 is 2.03 bits per heavy atom. The number of rotatable bonds is 5. The number of terminal acetylenes is 1. The number of nitrogens with one attached hydrogen (secondary N) is 2. The van der Waals surface area contributed by atoms with Crippen molar-refractivity contribution in [2.24, 2.45) is 10.7 Å². The van der Waals surface area contributed by atoms with Crippen molar-refractivity contribution in [1.29, 1.82) is 0 Å². The average molecular weight is 468 g/mol. The Balaban J connectivity index is 1.47. The van der Waals surface area contributed by atoms with Gasteiger partial charge in [0.1, 0.15) is 17.6 Å². The van der Waals surface area contributed by atoms with Crippen LogP contribution in [0.2, 0.25) is 0 Å². The lowest BCUT2D eigenvalue weighted by Gasteiger charge is -2.41. The summed E-state index contributed by atoms with van der Waals surface area (Å²) in [5.41, 5.74) is 5.60. The van der Waals surface area contributed by atoms with Gasteiger partial charge in [0.15, 0.2) is 0 Å². The van der Waals surface area contributed by atoms with Crippen LogP contribution in [0, 0.1) is 12.3 Å². The van der Waals surface area contributed by atoms with E-state index in [-0.39, 0.29) is 12.4 Å². The lowest BCUT2D eigenvalue weighted by atomic mass is 9.91. The standard InChI is InChI=1S/C22H29F4N7/c1-2-9-28-20-17(21(24,25)26)12-29-22(27,31-20)15-11-30-33(13-15)19-8-10-32(14-18(19)23)16-6-4-3-5-7-16/h1,11-13,16,18-19,28,31H,3-10,14,27H2/t18-,19-,22?/m1/s1.